The molecule has 0 heterocycles. The second kappa shape index (κ2) is 6.97. The lowest BCUT2D eigenvalue weighted by Gasteiger charge is -2.08. The van der Waals surface area contributed by atoms with E-state index in [2.05, 4.69) is 23.7 Å². The second-order valence-corrected chi connectivity index (χ2v) is 3.23. The minimum absolute atomic E-state index is 0.0551. The summed E-state index contributed by atoms with van der Waals surface area (Å²) in [6, 6.07) is 0. The van der Waals surface area contributed by atoms with E-state index in [0.29, 0.717) is 13.2 Å². The summed E-state index contributed by atoms with van der Waals surface area (Å²) < 4.78 is 10.7. The second-order valence-electron chi connectivity index (χ2n) is 3.23. The van der Waals surface area contributed by atoms with E-state index < -0.39 is 0 Å². The van der Waals surface area contributed by atoms with Crippen LogP contribution in [0.15, 0.2) is 0 Å². The van der Waals surface area contributed by atoms with Gasteiger partial charge in [0.15, 0.2) is 0 Å². The monoisotopic (exact) mass is 202 g/mol. The van der Waals surface area contributed by atoms with Gasteiger partial charge in [0, 0.05) is 0 Å². The fourth-order valence-corrected chi connectivity index (χ4v) is 1.37. The average molecular weight is 202 g/mol. The van der Waals surface area contributed by atoms with E-state index in [9.17, 15) is 0 Å². The first-order chi connectivity index (χ1) is 7.36. The molecular weight excluding hydrogens is 188 g/mol. The van der Waals surface area contributed by atoms with E-state index in [1.807, 2.05) is 0 Å². The number of terminal acetylenes is 2. The third kappa shape index (κ3) is 4.57. The molecule has 2 atom stereocenters. The first-order valence-corrected chi connectivity index (χ1v) is 4.98. The zero-order chi connectivity index (χ0) is 10.9. The molecule has 1 rings (SSSR count). The van der Waals surface area contributed by atoms with Gasteiger partial charge >= 0.3 is 0 Å². The Morgan fingerprint density at radius 1 is 1.00 bits per heavy atom. The van der Waals surface area contributed by atoms with Crippen LogP contribution < -0.4 is 0 Å². The van der Waals surface area contributed by atoms with Crippen LogP contribution in [0.5, 0.6) is 0 Å². The van der Waals surface area contributed by atoms with Gasteiger partial charge in [0.05, 0.1) is 0 Å². The van der Waals surface area contributed by atoms with Crippen molar-refractivity contribution in [3.8, 4) is 36.5 Å². The van der Waals surface area contributed by atoms with Crippen molar-refractivity contribution in [2.75, 3.05) is 13.2 Å². The molecular formula is C13H14O2. The van der Waals surface area contributed by atoms with Gasteiger partial charge in [-0.2, -0.15) is 0 Å². The molecule has 15 heavy (non-hydrogen) atoms. The summed E-state index contributed by atoms with van der Waals surface area (Å²) in [5, 5.41) is 0. The molecule has 0 aromatic carbocycles. The number of hydrogen-bond donors (Lipinski definition) is 0. The molecule has 1 aliphatic rings. The molecule has 0 aliphatic heterocycles. The normalized spacial score (nSPS) is 24.1. The third-order valence-electron chi connectivity index (χ3n) is 2.07. The van der Waals surface area contributed by atoms with Gasteiger partial charge in [-0.3, -0.25) is 0 Å². The molecule has 0 spiro atoms. The van der Waals surface area contributed by atoms with Crippen LogP contribution in [0.1, 0.15) is 19.3 Å². The molecule has 2 heteroatoms. The summed E-state index contributed by atoms with van der Waals surface area (Å²) in [7, 11) is 0. The van der Waals surface area contributed by atoms with Crippen molar-refractivity contribution in [2.24, 2.45) is 0 Å². The maximum absolute atomic E-state index is 5.36. The molecule has 0 saturated carbocycles. The topological polar surface area (TPSA) is 18.5 Å². The summed E-state index contributed by atoms with van der Waals surface area (Å²) in [5.41, 5.74) is 0. The zero-order valence-corrected chi connectivity index (χ0v) is 8.66. The van der Waals surface area contributed by atoms with Gasteiger partial charge in [0.1, 0.15) is 25.4 Å². The van der Waals surface area contributed by atoms with Crippen molar-refractivity contribution in [3.05, 3.63) is 0 Å². The molecule has 0 fully saturated rings. The minimum Gasteiger partial charge on any atom is -0.353 e. The molecule has 1 aliphatic carbocycles. The summed E-state index contributed by atoms with van der Waals surface area (Å²) in [6.45, 7) is 0.629. The summed E-state index contributed by atoms with van der Waals surface area (Å²) in [4.78, 5) is 0. The molecule has 0 N–H and O–H groups in total. The van der Waals surface area contributed by atoms with Crippen molar-refractivity contribution in [3.63, 3.8) is 0 Å². The van der Waals surface area contributed by atoms with Crippen molar-refractivity contribution >= 4 is 0 Å². The minimum atomic E-state index is -0.0551. The van der Waals surface area contributed by atoms with E-state index in [-0.39, 0.29) is 12.2 Å². The van der Waals surface area contributed by atoms with Crippen molar-refractivity contribution in [2.45, 2.75) is 31.5 Å². The molecule has 0 aromatic heterocycles. The molecule has 2 nitrogen and oxygen atoms in total. The number of hydrogen-bond acceptors (Lipinski definition) is 2. The highest BCUT2D eigenvalue weighted by Crippen LogP contribution is 2.12. The SMILES string of the molecule is C#CCOC1C#C[C@H](OCC#C)CCC1. The Balaban J connectivity index is 2.40. The van der Waals surface area contributed by atoms with Crippen LogP contribution in [0.25, 0.3) is 0 Å². The predicted octanol–water partition coefficient (Wildman–Crippen LogP) is 1.21. The Hall–Kier alpha value is -1.40. The van der Waals surface area contributed by atoms with Crippen molar-refractivity contribution in [1.82, 2.24) is 0 Å². The predicted molar refractivity (Wildman–Crippen MR) is 58.8 cm³/mol. The van der Waals surface area contributed by atoms with Gasteiger partial charge in [0.25, 0.3) is 0 Å². The first-order valence-electron chi connectivity index (χ1n) is 4.98. The highest BCUT2D eigenvalue weighted by atomic mass is 16.5. The molecule has 0 saturated heterocycles. The Morgan fingerprint density at radius 3 is 1.87 bits per heavy atom. The highest BCUT2D eigenvalue weighted by molar-refractivity contribution is 5.12. The van der Waals surface area contributed by atoms with Gasteiger partial charge in [-0.25, -0.2) is 0 Å². The Labute approximate surface area is 91.3 Å². The lowest BCUT2D eigenvalue weighted by molar-refractivity contribution is 0.100. The molecule has 0 aromatic rings. The molecule has 0 bridgehead atoms. The van der Waals surface area contributed by atoms with Gasteiger partial charge in [-0.1, -0.05) is 23.7 Å². The lowest BCUT2D eigenvalue weighted by atomic mass is 10.1. The zero-order valence-electron chi connectivity index (χ0n) is 8.66. The fraction of sp³-hybridized carbons (Fsp3) is 0.538. The molecule has 0 amide bonds. The van der Waals surface area contributed by atoms with Crippen LogP contribution >= 0.6 is 0 Å². The van der Waals surface area contributed by atoms with Crippen LogP contribution in [-0.4, -0.2) is 25.4 Å². The Bertz CT molecular complexity index is 291. The van der Waals surface area contributed by atoms with Crippen molar-refractivity contribution < 1.29 is 9.47 Å². The molecule has 78 valence electrons. The van der Waals surface area contributed by atoms with Crippen LogP contribution in [0.2, 0.25) is 0 Å². The van der Waals surface area contributed by atoms with E-state index >= 15 is 0 Å². The molecule has 0 radical (unpaired) electrons. The average Bonchev–Trinajstić information content (AvgIpc) is 2.49. The first kappa shape index (κ1) is 11.7. The standard InChI is InChI=1S/C13H14O2/c1-3-10-14-12-6-5-7-13(9-8-12)15-11-4-2/h1-2,12-13H,5-7,10-11H2/t12-,13?/m1/s1. The maximum Gasteiger partial charge on any atom is 0.119 e. The van der Waals surface area contributed by atoms with Crippen LogP contribution in [0.4, 0.5) is 0 Å². The van der Waals surface area contributed by atoms with Gasteiger partial charge < -0.3 is 9.47 Å². The summed E-state index contributed by atoms with van der Waals surface area (Å²) >= 11 is 0. The number of rotatable bonds is 4. The summed E-state index contributed by atoms with van der Waals surface area (Å²) in [5.74, 6) is 10.9. The lowest BCUT2D eigenvalue weighted by Crippen LogP contribution is -2.09. The van der Waals surface area contributed by atoms with Gasteiger partial charge in [-0.15, -0.1) is 12.8 Å². The van der Waals surface area contributed by atoms with Crippen molar-refractivity contribution in [1.29, 1.82) is 0 Å². The molecule has 1 unspecified atom stereocenters. The van der Waals surface area contributed by atoms with Crippen LogP contribution in [0, 0.1) is 36.5 Å². The fourth-order valence-electron chi connectivity index (χ4n) is 1.37. The van der Waals surface area contributed by atoms with E-state index in [1.165, 1.54) is 0 Å². The van der Waals surface area contributed by atoms with E-state index in [4.69, 9.17) is 22.3 Å². The van der Waals surface area contributed by atoms with E-state index in [1.54, 1.807) is 0 Å². The summed E-state index contributed by atoms with van der Waals surface area (Å²) in [6.07, 6.45) is 12.9. The van der Waals surface area contributed by atoms with Crippen LogP contribution in [-0.2, 0) is 9.47 Å². The maximum atomic E-state index is 5.36. The smallest absolute Gasteiger partial charge is 0.119 e. The number of ether oxygens (including phenoxy) is 2. The van der Waals surface area contributed by atoms with Crippen LogP contribution in [0.3, 0.4) is 0 Å². The quantitative estimate of drug-likeness (QED) is 0.638. The van der Waals surface area contributed by atoms with Gasteiger partial charge in [0.2, 0.25) is 0 Å². The van der Waals surface area contributed by atoms with E-state index in [0.717, 1.165) is 19.3 Å². The highest BCUT2D eigenvalue weighted by Gasteiger charge is 2.13. The van der Waals surface area contributed by atoms with Gasteiger partial charge in [-0.05, 0) is 19.3 Å². The third-order valence-corrected chi connectivity index (χ3v) is 2.07. The Kier molecular flexibility index (Phi) is 5.42. The Morgan fingerprint density at radius 2 is 1.47 bits per heavy atom. The largest absolute Gasteiger partial charge is 0.353 e.